The molecule has 1 aliphatic rings. The zero-order valence-corrected chi connectivity index (χ0v) is 17.4. The van der Waals surface area contributed by atoms with E-state index in [4.69, 9.17) is 4.74 Å². The van der Waals surface area contributed by atoms with E-state index in [0.29, 0.717) is 0 Å². The van der Waals surface area contributed by atoms with Gasteiger partial charge in [0.15, 0.2) is 11.7 Å². The second-order valence-corrected chi connectivity index (χ2v) is 7.21. The quantitative estimate of drug-likeness (QED) is 0.359. The van der Waals surface area contributed by atoms with Crippen LogP contribution in [0.1, 0.15) is 27.6 Å². The third-order valence-electron chi connectivity index (χ3n) is 4.87. The fourth-order valence-electron chi connectivity index (χ4n) is 3.10. The Labute approximate surface area is 190 Å². The Morgan fingerprint density at radius 3 is 2.37 bits per heavy atom. The summed E-state index contributed by atoms with van der Waals surface area (Å²) in [5, 5.41) is 1.08. The number of carbonyl (C=O) groups excluding carboxylic acids is 3. The van der Waals surface area contributed by atoms with Crippen molar-refractivity contribution < 1.29 is 54.2 Å². The van der Waals surface area contributed by atoms with Gasteiger partial charge in [0.25, 0.3) is 5.91 Å². The van der Waals surface area contributed by atoms with Crippen molar-refractivity contribution in [2.75, 3.05) is 13.2 Å². The maximum atomic E-state index is 14.7. The molecule has 0 bridgehead atoms. The first kappa shape index (κ1) is 26.0. The van der Waals surface area contributed by atoms with Crippen LogP contribution in [0.3, 0.4) is 0 Å². The summed E-state index contributed by atoms with van der Waals surface area (Å²) in [6, 6.07) is 1.60. The second-order valence-electron chi connectivity index (χ2n) is 7.21. The van der Waals surface area contributed by atoms with Crippen LogP contribution >= 0.6 is 0 Å². The minimum atomic E-state index is -6.56. The number of hydrogen-bond acceptors (Lipinski definition) is 6. The van der Waals surface area contributed by atoms with Crippen LogP contribution in [0, 0.1) is 11.7 Å². The van der Waals surface area contributed by atoms with Crippen LogP contribution in [0.5, 0.6) is 0 Å². The lowest BCUT2D eigenvalue weighted by Crippen LogP contribution is -2.56. The van der Waals surface area contributed by atoms with Gasteiger partial charge in [-0.3, -0.25) is 24.4 Å². The molecule has 188 valence electrons. The van der Waals surface area contributed by atoms with E-state index in [2.05, 4.69) is 9.98 Å². The number of amides is 1. The molecule has 2 aromatic rings. The normalized spacial score (nSPS) is 16.3. The molecular formula is C20H13F8N3O4. The number of benzene rings is 1. The van der Waals surface area contributed by atoms with Gasteiger partial charge in [-0.15, -0.1) is 0 Å². The highest BCUT2D eigenvalue weighted by Crippen LogP contribution is 2.46. The number of esters is 1. The van der Waals surface area contributed by atoms with Crippen molar-refractivity contribution in [3.05, 3.63) is 35.3 Å². The third kappa shape index (κ3) is 4.53. The van der Waals surface area contributed by atoms with Gasteiger partial charge in [-0.2, -0.15) is 30.7 Å². The second kappa shape index (κ2) is 8.85. The maximum absolute atomic E-state index is 14.7. The van der Waals surface area contributed by atoms with Gasteiger partial charge in [0.1, 0.15) is 11.5 Å². The lowest BCUT2D eigenvalue weighted by atomic mass is 9.92. The summed E-state index contributed by atoms with van der Waals surface area (Å²) in [5.41, 5.74) is -1.61. The van der Waals surface area contributed by atoms with Crippen molar-refractivity contribution in [3.63, 3.8) is 0 Å². The van der Waals surface area contributed by atoms with Crippen molar-refractivity contribution in [3.8, 4) is 0 Å². The average molecular weight is 511 g/mol. The van der Waals surface area contributed by atoms with Crippen molar-refractivity contribution in [2.45, 2.75) is 24.9 Å². The van der Waals surface area contributed by atoms with E-state index < -0.39 is 65.1 Å². The average Bonchev–Trinajstić information content (AvgIpc) is 2.76. The first-order chi connectivity index (χ1) is 16.1. The van der Waals surface area contributed by atoms with Crippen LogP contribution in [0.4, 0.5) is 40.8 Å². The molecule has 1 unspecified atom stereocenters. The molecule has 0 saturated carbocycles. The molecule has 1 atom stereocenters. The Kier molecular flexibility index (Phi) is 6.57. The number of halogens is 8. The Balaban J connectivity index is 1.89. The molecule has 0 aliphatic carbocycles. The maximum Gasteiger partial charge on any atom is 0.459 e. The van der Waals surface area contributed by atoms with Crippen molar-refractivity contribution in [1.29, 1.82) is 0 Å². The Hall–Kier alpha value is -3.65. The number of nitrogens with zero attached hydrogens (tertiary/aromatic N) is 2. The lowest BCUT2D eigenvalue weighted by Gasteiger charge is -2.28. The zero-order chi connectivity index (χ0) is 26.3. The fraction of sp³-hybridized carbons (Fsp3) is 0.350. The van der Waals surface area contributed by atoms with E-state index in [0.717, 1.165) is 24.5 Å². The molecule has 0 radical (unpaired) electrons. The number of carbonyl (C=O) groups is 3. The lowest BCUT2D eigenvalue weighted by molar-refractivity contribution is -0.352. The predicted octanol–water partition coefficient (Wildman–Crippen LogP) is 4.01. The molecule has 1 aromatic heterocycles. The number of ether oxygens (including phenoxy) is 1. The number of pyridine rings is 1. The molecule has 15 heteroatoms. The number of ketones is 1. The molecule has 0 spiro atoms. The van der Waals surface area contributed by atoms with E-state index in [1.165, 1.54) is 12.2 Å². The molecule has 0 saturated heterocycles. The molecular weight excluding hydrogens is 498 g/mol. The minimum Gasteiger partial charge on any atom is -0.465 e. The SMILES string of the molecule is CCOC(=O)C1C=Nc2c(c(F)cc3cc(C(=O)NCC(F)(F)C(F)(F)C(F)(F)F)cnc23)C1=O. The van der Waals surface area contributed by atoms with E-state index in [9.17, 15) is 49.5 Å². The standard InChI is InChI=1S/C20H13F8N3O4/c1-2-35-17(34)10-6-30-14-12(15(10)32)11(21)4-8-3-9(5-29-13(8)14)16(33)31-7-18(22,23)19(24,25)20(26,27)28/h3-6,10H,2,7H2,1H3,(H,31,33). The number of Topliss-reactive ketones (excluding diaryl/α,β-unsaturated/α-hetero) is 1. The molecule has 1 aliphatic heterocycles. The van der Waals surface area contributed by atoms with Gasteiger partial charge >= 0.3 is 24.0 Å². The van der Waals surface area contributed by atoms with Crippen molar-refractivity contribution in [2.24, 2.45) is 10.9 Å². The van der Waals surface area contributed by atoms with Crippen LogP contribution in [0.2, 0.25) is 0 Å². The molecule has 0 fully saturated rings. The summed E-state index contributed by atoms with van der Waals surface area (Å²) < 4.78 is 109. The van der Waals surface area contributed by atoms with Crippen LogP contribution in [0.25, 0.3) is 10.9 Å². The molecule has 1 N–H and O–H groups in total. The van der Waals surface area contributed by atoms with E-state index in [1.54, 1.807) is 0 Å². The van der Waals surface area contributed by atoms with Gasteiger partial charge in [0.05, 0.1) is 29.8 Å². The van der Waals surface area contributed by atoms with Crippen LogP contribution in [-0.2, 0) is 9.53 Å². The van der Waals surface area contributed by atoms with Gasteiger partial charge in [-0.05, 0) is 19.1 Å². The molecule has 35 heavy (non-hydrogen) atoms. The van der Waals surface area contributed by atoms with Crippen LogP contribution in [-0.4, -0.2) is 60.0 Å². The van der Waals surface area contributed by atoms with Crippen LogP contribution < -0.4 is 5.32 Å². The van der Waals surface area contributed by atoms with E-state index in [-0.39, 0.29) is 23.2 Å². The highest BCUT2D eigenvalue weighted by molar-refractivity contribution is 6.24. The topological polar surface area (TPSA) is 97.7 Å². The molecule has 1 amide bonds. The van der Waals surface area contributed by atoms with Gasteiger partial charge < -0.3 is 10.1 Å². The number of aliphatic imine (C=N–C) groups is 1. The zero-order valence-electron chi connectivity index (χ0n) is 17.4. The summed E-state index contributed by atoms with van der Waals surface area (Å²) in [6.45, 7) is -0.913. The summed E-state index contributed by atoms with van der Waals surface area (Å²) in [5.74, 6) is -18.2. The fourth-order valence-corrected chi connectivity index (χ4v) is 3.10. The van der Waals surface area contributed by atoms with Gasteiger partial charge in [-0.25, -0.2) is 4.39 Å². The van der Waals surface area contributed by atoms with Crippen molar-refractivity contribution >= 4 is 40.5 Å². The molecule has 7 nitrogen and oxygen atoms in total. The number of nitrogens with one attached hydrogen (secondary N) is 1. The number of rotatable bonds is 6. The molecule has 1 aromatic carbocycles. The Morgan fingerprint density at radius 1 is 1.11 bits per heavy atom. The van der Waals surface area contributed by atoms with Crippen LogP contribution in [0.15, 0.2) is 23.3 Å². The first-order valence-corrected chi connectivity index (χ1v) is 9.60. The molecule has 2 heterocycles. The first-order valence-electron chi connectivity index (χ1n) is 9.60. The van der Waals surface area contributed by atoms with E-state index in [1.807, 2.05) is 0 Å². The predicted molar refractivity (Wildman–Crippen MR) is 103 cm³/mol. The van der Waals surface area contributed by atoms with Gasteiger partial charge in [0.2, 0.25) is 0 Å². The number of aromatic nitrogens is 1. The van der Waals surface area contributed by atoms with Crippen molar-refractivity contribution in [1.82, 2.24) is 10.3 Å². The number of alkyl halides is 7. The largest absolute Gasteiger partial charge is 0.465 e. The Bertz CT molecular complexity index is 1240. The third-order valence-corrected chi connectivity index (χ3v) is 4.87. The molecule has 3 rings (SSSR count). The minimum absolute atomic E-state index is 0.0459. The summed E-state index contributed by atoms with van der Waals surface area (Å²) in [6.07, 6.45) is -4.92. The number of fused-ring (bicyclic) bond motifs is 3. The highest BCUT2D eigenvalue weighted by atomic mass is 19.4. The Morgan fingerprint density at radius 2 is 1.77 bits per heavy atom. The number of hydrogen-bond donors (Lipinski definition) is 1. The van der Waals surface area contributed by atoms with Gasteiger partial charge in [-0.1, -0.05) is 0 Å². The highest BCUT2D eigenvalue weighted by Gasteiger charge is 2.72. The smallest absolute Gasteiger partial charge is 0.459 e. The summed E-state index contributed by atoms with van der Waals surface area (Å²) >= 11 is 0. The summed E-state index contributed by atoms with van der Waals surface area (Å²) in [4.78, 5) is 44.2. The van der Waals surface area contributed by atoms with E-state index >= 15 is 0 Å². The monoisotopic (exact) mass is 511 g/mol. The van der Waals surface area contributed by atoms with Gasteiger partial charge in [0, 0.05) is 17.8 Å². The summed E-state index contributed by atoms with van der Waals surface area (Å²) in [7, 11) is 0.